The minimum absolute atomic E-state index is 0.0804. The van der Waals surface area contributed by atoms with Gasteiger partial charge in [0.2, 0.25) is 0 Å². The molecule has 4 aromatic rings. The number of fused-ring (bicyclic) bond motifs is 3. The molecule has 6 nitrogen and oxygen atoms in total. The molecule has 30 heavy (non-hydrogen) atoms. The third-order valence-electron chi connectivity index (χ3n) is 6.23. The van der Waals surface area contributed by atoms with E-state index >= 15 is 0 Å². The summed E-state index contributed by atoms with van der Waals surface area (Å²) in [5, 5.41) is 13.5. The number of nitrogens with zero attached hydrogens (tertiary/aromatic N) is 5. The second-order valence-electron chi connectivity index (χ2n) is 8.33. The molecule has 0 N–H and O–H groups in total. The van der Waals surface area contributed by atoms with E-state index in [0.717, 1.165) is 51.6 Å². The third kappa shape index (κ3) is 3.22. The molecule has 1 fully saturated rings. The van der Waals surface area contributed by atoms with Crippen molar-refractivity contribution < 1.29 is 4.79 Å². The minimum Gasteiger partial charge on any atom is -0.331 e. The van der Waals surface area contributed by atoms with Crippen LogP contribution in [0.15, 0.2) is 48.5 Å². The lowest BCUT2D eigenvalue weighted by molar-refractivity contribution is 0.0665. The molecule has 0 saturated heterocycles. The highest BCUT2D eigenvalue weighted by molar-refractivity contribution is 5.94. The van der Waals surface area contributed by atoms with Crippen molar-refractivity contribution in [1.29, 1.82) is 0 Å². The van der Waals surface area contributed by atoms with E-state index in [1.54, 1.807) is 0 Å². The molecule has 0 aliphatic heterocycles. The monoisotopic (exact) mass is 399 g/mol. The van der Waals surface area contributed by atoms with Crippen molar-refractivity contribution in [2.75, 3.05) is 0 Å². The molecule has 1 amide bonds. The SMILES string of the molecule is Cc1ccc(C(=O)N(Cc2cc3cccc(C)c3n3nnnc23)C2CCCC2)cc1. The van der Waals surface area contributed by atoms with Gasteiger partial charge in [-0.05, 0) is 60.9 Å². The van der Waals surface area contributed by atoms with Crippen LogP contribution in [0.3, 0.4) is 0 Å². The average molecular weight is 399 g/mol. The van der Waals surface area contributed by atoms with Crippen LogP contribution >= 0.6 is 0 Å². The van der Waals surface area contributed by atoms with Gasteiger partial charge in [0.1, 0.15) is 0 Å². The van der Waals surface area contributed by atoms with Gasteiger partial charge in [-0.15, -0.1) is 5.10 Å². The van der Waals surface area contributed by atoms with Gasteiger partial charge in [-0.3, -0.25) is 4.79 Å². The van der Waals surface area contributed by atoms with Gasteiger partial charge in [0.05, 0.1) is 12.1 Å². The van der Waals surface area contributed by atoms with Gasteiger partial charge in [0.25, 0.3) is 5.91 Å². The Labute approximate surface area is 175 Å². The molecule has 0 radical (unpaired) electrons. The molecule has 0 bridgehead atoms. The standard InChI is InChI=1S/C24H25N5O/c1-16-10-12-18(13-11-16)24(30)28(21-8-3-4-9-21)15-20-14-19-7-5-6-17(2)22(19)29-23(20)25-26-27-29/h5-7,10-14,21H,3-4,8-9,15H2,1-2H3. The van der Waals surface area contributed by atoms with Crippen LogP contribution in [0.4, 0.5) is 0 Å². The Morgan fingerprint density at radius 2 is 1.87 bits per heavy atom. The Morgan fingerprint density at radius 1 is 1.10 bits per heavy atom. The highest BCUT2D eigenvalue weighted by Gasteiger charge is 2.28. The molecule has 1 aliphatic rings. The topological polar surface area (TPSA) is 63.4 Å². The highest BCUT2D eigenvalue weighted by Crippen LogP contribution is 2.29. The fraction of sp³-hybridized carbons (Fsp3) is 0.333. The molecule has 1 aliphatic carbocycles. The number of hydrogen-bond acceptors (Lipinski definition) is 4. The van der Waals surface area contributed by atoms with Crippen molar-refractivity contribution in [2.24, 2.45) is 0 Å². The fourth-order valence-electron chi connectivity index (χ4n) is 4.62. The van der Waals surface area contributed by atoms with Gasteiger partial charge >= 0.3 is 0 Å². The minimum atomic E-state index is 0.0804. The maximum absolute atomic E-state index is 13.5. The van der Waals surface area contributed by atoms with Crippen LogP contribution in [0.1, 0.15) is 52.7 Å². The number of amides is 1. The molecular formula is C24H25N5O. The molecule has 5 rings (SSSR count). The van der Waals surface area contributed by atoms with Crippen molar-refractivity contribution in [3.05, 3.63) is 70.8 Å². The largest absolute Gasteiger partial charge is 0.331 e. The summed E-state index contributed by atoms with van der Waals surface area (Å²) >= 11 is 0. The van der Waals surface area contributed by atoms with E-state index in [9.17, 15) is 4.79 Å². The van der Waals surface area contributed by atoms with Crippen molar-refractivity contribution in [3.8, 4) is 0 Å². The van der Waals surface area contributed by atoms with Crippen LogP contribution in [0.5, 0.6) is 0 Å². The Hall–Kier alpha value is -3.28. The first-order valence-electron chi connectivity index (χ1n) is 10.6. The van der Waals surface area contributed by atoms with Crippen molar-refractivity contribution in [1.82, 2.24) is 24.9 Å². The maximum Gasteiger partial charge on any atom is 0.254 e. The predicted octanol–water partition coefficient (Wildman–Crippen LogP) is 4.48. The number of aromatic nitrogens is 4. The lowest BCUT2D eigenvalue weighted by Gasteiger charge is -2.29. The van der Waals surface area contributed by atoms with Gasteiger partial charge in [-0.25, -0.2) is 0 Å². The van der Waals surface area contributed by atoms with Gasteiger partial charge in [-0.2, -0.15) is 4.52 Å². The van der Waals surface area contributed by atoms with Crippen LogP contribution in [0, 0.1) is 13.8 Å². The highest BCUT2D eigenvalue weighted by atomic mass is 16.2. The molecule has 0 unspecified atom stereocenters. The molecule has 2 aromatic heterocycles. The van der Waals surface area contributed by atoms with Crippen LogP contribution in [0.25, 0.3) is 16.6 Å². The Bertz CT molecular complexity index is 1220. The maximum atomic E-state index is 13.5. The molecule has 2 heterocycles. The molecule has 152 valence electrons. The van der Waals surface area contributed by atoms with Gasteiger partial charge in [-0.1, -0.05) is 48.7 Å². The zero-order valence-electron chi connectivity index (χ0n) is 17.4. The van der Waals surface area contributed by atoms with E-state index in [1.165, 1.54) is 12.8 Å². The number of benzene rings is 2. The van der Waals surface area contributed by atoms with Crippen LogP contribution < -0.4 is 0 Å². The summed E-state index contributed by atoms with van der Waals surface area (Å²) in [6, 6.07) is 16.4. The lowest BCUT2D eigenvalue weighted by atomic mass is 10.1. The second kappa shape index (κ2) is 7.52. The third-order valence-corrected chi connectivity index (χ3v) is 6.23. The number of tetrazole rings is 1. The van der Waals surface area contributed by atoms with Crippen molar-refractivity contribution in [3.63, 3.8) is 0 Å². The van der Waals surface area contributed by atoms with E-state index in [-0.39, 0.29) is 11.9 Å². The first kappa shape index (κ1) is 18.7. The summed E-state index contributed by atoms with van der Waals surface area (Å²) < 4.78 is 1.81. The average Bonchev–Trinajstić information content (AvgIpc) is 3.44. The number of rotatable bonds is 4. The fourth-order valence-corrected chi connectivity index (χ4v) is 4.62. The quantitative estimate of drug-likeness (QED) is 0.508. The molecule has 0 atom stereocenters. The lowest BCUT2D eigenvalue weighted by Crippen LogP contribution is -2.38. The van der Waals surface area contributed by atoms with Gasteiger partial charge < -0.3 is 4.90 Å². The van der Waals surface area contributed by atoms with Crippen LogP contribution in [-0.4, -0.2) is 36.9 Å². The van der Waals surface area contributed by atoms with Crippen molar-refractivity contribution >= 4 is 22.5 Å². The molecule has 2 aromatic carbocycles. The first-order chi connectivity index (χ1) is 14.6. The smallest absolute Gasteiger partial charge is 0.254 e. The summed E-state index contributed by atoms with van der Waals surface area (Å²) in [6.45, 7) is 4.61. The van der Waals surface area contributed by atoms with E-state index < -0.39 is 0 Å². The summed E-state index contributed by atoms with van der Waals surface area (Å²) in [6.07, 6.45) is 4.43. The summed E-state index contributed by atoms with van der Waals surface area (Å²) in [4.78, 5) is 15.5. The number of aryl methyl sites for hydroxylation is 2. The number of hydrogen-bond donors (Lipinski definition) is 0. The number of para-hydroxylation sites is 1. The number of pyridine rings is 1. The molecule has 1 saturated carbocycles. The summed E-state index contributed by atoms with van der Waals surface area (Å²) in [5.74, 6) is 0.0804. The predicted molar refractivity (Wildman–Crippen MR) is 116 cm³/mol. The van der Waals surface area contributed by atoms with Crippen LogP contribution in [0.2, 0.25) is 0 Å². The second-order valence-corrected chi connectivity index (χ2v) is 8.33. The van der Waals surface area contributed by atoms with E-state index in [0.29, 0.717) is 6.54 Å². The first-order valence-corrected chi connectivity index (χ1v) is 10.6. The number of carbonyl (C=O) groups excluding carboxylic acids is 1. The molecule has 6 heteroatoms. The Morgan fingerprint density at radius 3 is 2.63 bits per heavy atom. The zero-order valence-corrected chi connectivity index (χ0v) is 17.4. The van der Waals surface area contributed by atoms with Crippen molar-refractivity contribution in [2.45, 2.75) is 52.1 Å². The molecular weight excluding hydrogens is 374 g/mol. The van der Waals surface area contributed by atoms with Gasteiger partial charge in [0.15, 0.2) is 5.65 Å². The van der Waals surface area contributed by atoms with E-state index in [4.69, 9.17) is 0 Å². The van der Waals surface area contributed by atoms with E-state index in [1.807, 2.05) is 46.7 Å². The summed E-state index contributed by atoms with van der Waals surface area (Å²) in [5.41, 5.74) is 5.72. The normalized spacial score (nSPS) is 14.6. The number of carbonyl (C=O) groups is 1. The van der Waals surface area contributed by atoms with Crippen LogP contribution in [-0.2, 0) is 6.54 Å². The van der Waals surface area contributed by atoms with Gasteiger partial charge in [0, 0.05) is 22.6 Å². The Kier molecular flexibility index (Phi) is 4.69. The van der Waals surface area contributed by atoms with E-state index in [2.05, 4.69) is 40.6 Å². The summed E-state index contributed by atoms with van der Waals surface area (Å²) in [7, 11) is 0. The Balaban J connectivity index is 1.59. The molecule has 0 spiro atoms. The zero-order chi connectivity index (χ0) is 20.7.